The Bertz CT molecular complexity index is 860. The van der Waals surface area contributed by atoms with Crippen LogP contribution in [0.4, 0.5) is 4.79 Å². The summed E-state index contributed by atoms with van der Waals surface area (Å²) < 4.78 is 1.32. The summed E-state index contributed by atoms with van der Waals surface area (Å²) in [5.74, 6) is 0. The Morgan fingerprint density at radius 1 is 1.04 bits per heavy atom. The van der Waals surface area contributed by atoms with E-state index in [9.17, 15) is 4.79 Å². The number of likely N-dealkylation sites (N-methyl/N-ethyl adjacent to an activating group) is 1. The molecule has 5 heteroatoms. The summed E-state index contributed by atoms with van der Waals surface area (Å²) in [4.78, 5) is 14.3. The first kappa shape index (κ1) is 19.4. The van der Waals surface area contributed by atoms with Gasteiger partial charge in [-0.25, -0.2) is 4.79 Å². The first-order chi connectivity index (χ1) is 13.1. The van der Waals surface area contributed by atoms with Crippen molar-refractivity contribution in [3.05, 3.63) is 71.1 Å². The van der Waals surface area contributed by atoms with Gasteiger partial charge in [-0.1, -0.05) is 48.5 Å². The Labute approximate surface area is 165 Å². The minimum Gasteiger partial charge on any atom is -0.338 e. The molecule has 0 radical (unpaired) electrons. The van der Waals surface area contributed by atoms with E-state index in [4.69, 9.17) is 0 Å². The van der Waals surface area contributed by atoms with Gasteiger partial charge in [0, 0.05) is 23.8 Å². The fourth-order valence-electron chi connectivity index (χ4n) is 3.12. The number of nitrogens with one attached hydrogen (secondary N) is 2. The molecule has 0 aliphatic carbocycles. The summed E-state index contributed by atoms with van der Waals surface area (Å²) in [7, 11) is 4.13. The highest BCUT2D eigenvalue weighted by Crippen LogP contribution is 2.26. The normalized spacial score (nSPS) is 12.3. The van der Waals surface area contributed by atoms with E-state index in [2.05, 4.69) is 71.4 Å². The van der Waals surface area contributed by atoms with Crippen LogP contribution >= 0.6 is 11.3 Å². The lowest BCUT2D eigenvalue weighted by molar-refractivity contribution is 0.232. The van der Waals surface area contributed by atoms with E-state index in [-0.39, 0.29) is 12.1 Å². The lowest BCUT2D eigenvalue weighted by Crippen LogP contribution is -2.45. The Balaban J connectivity index is 1.48. The van der Waals surface area contributed by atoms with E-state index >= 15 is 0 Å². The van der Waals surface area contributed by atoms with Crippen LogP contribution < -0.4 is 10.6 Å². The second-order valence-corrected chi connectivity index (χ2v) is 7.86. The van der Waals surface area contributed by atoms with Crippen molar-refractivity contribution in [2.45, 2.75) is 18.9 Å². The predicted molar refractivity (Wildman–Crippen MR) is 115 cm³/mol. The van der Waals surface area contributed by atoms with Gasteiger partial charge < -0.3 is 15.5 Å². The van der Waals surface area contributed by atoms with Crippen molar-refractivity contribution in [2.75, 3.05) is 27.2 Å². The Hall–Kier alpha value is -2.37. The van der Waals surface area contributed by atoms with Gasteiger partial charge in [0.15, 0.2) is 0 Å². The van der Waals surface area contributed by atoms with E-state index in [1.165, 1.54) is 21.2 Å². The number of carbonyl (C=O) groups is 1. The molecule has 2 amide bonds. The number of hydrogen-bond donors (Lipinski definition) is 2. The highest BCUT2D eigenvalue weighted by molar-refractivity contribution is 7.17. The molecule has 1 atom stereocenters. The maximum atomic E-state index is 12.1. The molecule has 0 saturated carbocycles. The predicted octanol–water partition coefficient (Wildman–Crippen LogP) is 3.92. The molecule has 1 heterocycles. The molecule has 2 aromatic carbocycles. The molecule has 4 nitrogen and oxygen atoms in total. The molecule has 0 spiro atoms. The molecule has 1 unspecified atom stereocenters. The van der Waals surface area contributed by atoms with Crippen LogP contribution in [0.15, 0.2) is 60.0 Å². The second-order valence-electron chi connectivity index (χ2n) is 6.95. The molecule has 3 rings (SSSR count). The maximum Gasteiger partial charge on any atom is 0.314 e. The molecule has 3 aromatic rings. The van der Waals surface area contributed by atoms with Crippen LogP contribution in [0, 0.1) is 0 Å². The van der Waals surface area contributed by atoms with Gasteiger partial charge in [-0.15, -0.1) is 11.3 Å². The first-order valence-corrected chi connectivity index (χ1v) is 10.2. The van der Waals surface area contributed by atoms with Crippen molar-refractivity contribution in [2.24, 2.45) is 0 Å². The molecule has 1 aromatic heterocycles. The number of hydrogen-bond acceptors (Lipinski definition) is 3. The molecule has 0 aliphatic rings. The fraction of sp³-hybridized carbons (Fsp3) is 0.318. The molecule has 2 N–H and O–H groups in total. The SMILES string of the molecule is CN(C)C(CNC(=O)NCCc1ccccc1)Cc1csc2ccccc12. The van der Waals surface area contributed by atoms with Gasteiger partial charge in [0.2, 0.25) is 0 Å². The van der Waals surface area contributed by atoms with Gasteiger partial charge in [0.25, 0.3) is 0 Å². The lowest BCUT2D eigenvalue weighted by Gasteiger charge is -2.24. The number of amides is 2. The second kappa shape index (κ2) is 9.53. The number of fused-ring (bicyclic) bond motifs is 1. The topological polar surface area (TPSA) is 44.4 Å². The van der Waals surface area contributed by atoms with Crippen molar-refractivity contribution in [3.63, 3.8) is 0 Å². The Kier molecular flexibility index (Phi) is 6.85. The van der Waals surface area contributed by atoms with E-state index in [0.717, 1.165) is 12.8 Å². The summed E-state index contributed by atoms with van der Waals surface area (Å²) in [6, 6.07) is 18.8. The van der Waals surface area contributed by atoms with Crippen LogP contribution in [-0.2, 0) is 12.8 Å². The molecule has 0 aliphatic heterocycles. The monoisotopic (exact) mass is 381 g/mol. The van der Waals surface area contributed by atoms with E-state index in [1.54, 1.807) is 11.3 Å². The molecule has 0 saturated heterocycles. The average Bonchev–Trinajstić information content (AvgIpc) is 3.08. The zero-order chi connectivity index (χ0) is 19.1. The zero-order valence-electron chi connectivity index (χ0n) is 15.9. The van der Waals surface area contributed by atoms with Gasteiger partial charge in [0.05, 0.1) is 0 Å². The van der Waals surface area contributed by atoms with E-state index < -0.39 is 0 Å². The zero-order valence-corrected chi connectivity index (χ0v) is 16.8. The minimum atomic E-state index is -0.104. The number of rotatable bonds is 8. The summed E-state index contributed by atoms with van der Waals surface area (Å²) in [5.41, 5.74) is 2.58. The standard InChI is InChI=1S/C22H27N3OS/c1-25(2)19(14-18-16-27-21-11-7-6-10-20(18)21)15-24-22(26)23-13-12-17-8-4-3-5-9-17/h3-11,16,19H,12-15H2,1-2H3,(H2,23,24,26). The number of urea groups is 1. The van der Waals surface area contributed by atoms with Gasteiger partial charge in [-0.3, -0.25) is 0 Å². The van der Waals surface area contributed by atoms with Crippen molar-refractivity contribution in [1.82, 2.24) is 15.5 Å². The van der Waals surface area contributed by atoms with Crippen molar-refractivity contribution < 1.29 is 4.79 Å². The summed E-state index contributed by atoms with van der Waals surface area (Å²) in [5, 5.41) is 9.53. The smallest absolute Gasteiger partial charge is 0.314 e. The number of thiophene rings is 1. The number of nitrogens with zero attached hydrogens (tertiary/aromatic N) is 1. The fourth-order valence-corrected chi connectivity index (χ4v) is 4.10. The average molecular weight is 382 g/mol. The third-order valence-electron chi connectivity index (χ3n) is 4.79. The quantitative estimate of drug-likeness (QED) is 0.621. The van der Waals surface area contributed by atoms with E-state index in [1.807, 2.05) is 18.2 Å². The van der Waals surface area contributed by atoms with Gasteiger partial charge in [-0.05, 0) is 54.9 Å². The third kappa shape index (κ3) is 5.55. The molecule has 0 fully saturated rings. The molecule has 142 valence electrons. The largest absolute Gasteiger partial charge is 0.338 e. The highest BCUT2D eigenvalue weighted by atomic mass is 32.1. The number of carbonyl (C=O) groups excluding carboxylic acids is 1. The molecular weight excluding hydrogens is 354 g/mol. The third-order valence-corrected chi connectivity index (χ3v) is 5.80. The Morgan fingerprint density at radius 3 is 2.56 bits per heavy atom. The van der Waals surface area contributed by atoms with Crippen LogP contribution in [0.5, 0.6) is 0 Å². The van der Waals surface area contributed by atoms with Crippen molar-refractivity contribution >= 4 is 27.5 Å². The lowest BCUT2D eigenvalue weighted by atomic mass is 10.0. The van der Waals surface area contributed by atoms with Gasteiger partial charge in [0.1, 0.15) is 0 Å². The molecule has 0 bridgehead atoms. The summed E-state index contributed by atoms with van der Waals surface area (Å²) in [6.07, 6.45) is 1.76. The molecule has 27 heavy (non-hydrogen) atoms. The van der Waals surface area contributed by atoms with Gasteiger partial charge in [-0.2, -0.15) is 0 Å². The summed E-state index contributed by atoms with van der Waals surface area (Å²) in [6.45, 7) is 1.26. The van der Waals surface area contributed by atoms with Crippen LogP contribution in [0.1, 0.15) is 11.1 Å². The molecular formula is C22H27N3OS. The first-order valence-electron chi connectivity index (χ1n) is 9.30. The number of benzene rings is 2. The van der Waals surface area contributed by atoms with Crippen molar-refractivity contribution in [1.29, 1.82) is 0 Å². The maximum absolute atomic E-state index is 12.1. The summed E-state index contributed by atoms with van der Waals surface area (Å²) >= 11 is 1.78. The van der Waals surface area contributed by atoms with Crippen LogP contribution in [0.2, 0.25) is 0 Å². The Morgan fingerprint density at radius 2 is 1.78 bits per heavy atom. The van der Waals surface area contributed by atoms with Gasteiger partial charge >= 0.3 is 6.03 Å². The minimum absolute atomic E-state index is 0.104. The highest BCUT2D eigenvalue weighted by Gasteiger charge is 2.16. The van der Waals surface area contributed by atoms with Crippen LogP contribution in [0.3, 0.4) is 0 Å². The van der Waals surface area contributed by atoms with Crippen LogP contribution in [0.25, 0.3) is 10.1 Å². The van der Waals surface area contributed by atoms with Crippen molar-refractivity contribution in [3.8, 4) is 0 Å². The van der Waals surface area contributed by atoms with Crippen LogP contribution in [-0.4, -0.2) is 44.2 Å². The van der Waals surface area contributed by atoms with E-state index in [0.29, 0.717) is 13.1 Å².